The minimum Gasteiger partial charge on any atom is -0.504 e. The monoisotopic (exact) mass is 154 g/mol. The smallest absolute Gasteiger partial charge is 0.392 e. The van der Waals surface area contributed by atoms with Crippen molar-refractivity contribution in [1.82, 2.24) is 0 Å². The third kappa shape index (κ3) is 5.47. The molecule has 0 unspecified atom stereocenters. The van der Waals surface area contributed by atoms with Gasteiger partial charge in [-0.1, -0.05) is 0 Å². The number of hydrogen-bond donors (Lipinski definition) is 0. The summed E-state index contributed by atoms with van der Waals surface area (Å²) in [5.74, 6) is 0. The van der Waals surface area contributed by atoms with Gasteiger partial charge in [-0.15, -0.1) is 0 Å². The van der Waals surface area contributed by atoms with Crippen molar-refractivity contribution in [2.24, 2.45) is 0 Å². The van der Waals surface area contributed by atoms with E-state index in [1.54, 1.807) is 0 Å². The van der Waals surface area contributed by atoms with Crippen molar-refractivity contribution in [1.29, 1.82) is 0 Å². The SMILES string of the molecule is CO/C=C(/C)CC(F)(F)F. The highest BCUT2D eigenvalue weighted by Crippen LogP contribution is 2.23. The molecule has 0 aliphatic rings. The zero-order chi connectivity index (χ0) is 8.20. The number of allylic oxidation sites excluding steroid dienone is 1. The highest BCUT2D eigenvalue weighted by molar-refractivity contribution is 4.94. The van der Waals surface area contributed by atoms with Crippen molar-refractivity contribution in [2.75, 3.05) is 7.11 Å². The first-order valence-corrected chi connectivity index (χ1v) is 2.71. The molecule has 10 heavy (non-hydrogen) atoms. The van der Waals surface area contributed by atoms with Gasteiger partial charge in [0.05, 0.1) is 19.8 Å². The van der Waals surface area contributed by atoms with Crippen molar-refractivity contribution >= 4 is 0 Å². The largest absolute Gasteiger partial charge is 0.504 e. The number of methoxy groups -OCH3 is 1. The number of hydrogen-bond acceptors (Lipinski definition) is 1. The van der Waals surface area contributed by atoms with Crippen LogP contribution < -0.4 is 0 Å². The molecule has 0 fully saturated rings. The number of ether oxygens (including phenoxy) is 1. The molecular formula is C6H9F3O. The Bertz CT molecular complexity index is 125. The van der Waals surface area contributed by atoms with E-state index in [9.17, 15) is 13.2 Å². The van der Waals surface area contributed by atoms with Gasteiger partial charge in [-0.3, -0.25) is 0 Å². The quantitative estimate of drug-likeness (QED) is 0.555. The van der Waals surface area contributed by atoms with Crippen LogP contribution in [0.1, 0.15) is 13.3 Å². The summed E-state index contributed by atoms with van der Waals surface area (Å²) in [6.45, 7) is 1.37. The van der Waals surface area contributed by atoms with Crippen LogP contribution in [0.3, 0.4) is 0 Å². The molecule has 0 radical (unpaired) electrons. The lowest BCUT2D eigenvalue weighted by Gasteiger charge is -2.04. The van der Waals surface area contributed by atoms with Crippen LogP contribution >= 0.6 is 0 Å². The summed E-state index contributed by atoms with van der Waals surface area (Å²) >= 11 is 0. The van der Waals surface area contributed by atoms with E-state index < -0.39 is 12.6 Å². The molecule has 0 amide bonds. The summed E-state index contributed by atoms with van der Waals surface area (Å²) in [7, 11) is 1.32. The molecule has 0 saturated carbocycles. The third-order valence-electron chi connectivity index (χ3n) is 0.798. The van der Waals surface area contributed by atoms with Gasteiger partial charge in [-0.2, -0.15) is 13.2 Å². The van der Waals surface area contributed by atoms with Crippen LogP contribution in [0.25, 0.3) is 0 Å². The van der Waals surface area contributed by atoms with Crippen LogP contribution in [0.15, 0.2) is 11.8 Å². The molecule has 0 heterocycles. The lowest BCUT2D eigenvalue weighted by Crippen LogP contribution is -2.07. The van der Waals surface area contributed by atoms with Crippen molar-refractivity contribution in [2.45, 2.75) is 19.5 Å². The fourth-order valence-electron chi connectivity index (χ4n) is 0.559. The topological polar surface area (TPSA) is 9.23 Å². The van der Waals surface area contributed by atoms with E-state index in [-0.39, 0.29) is 5.57 Å². The van der Waals surface area contributed by atoms with Gasteiger partial charge < -0.3 is 4.74 Å². The Labute approximate surface area is 57.5 Å². The predicted molar refractivity (Wildman–Crippen MR) is 31.4 cm³/mol. The molecule has 0 aromatic heterocycles. The first kappa shape index (κ1) is 9.33. The van der Waals surface area contributed by atoms with E-state index >= 15 is 0 Å². The van der Waals surface area contributed by atoms with Gasteiger partial charge in [-0.25, -0.2) is 0 Å². The summed E-state index contributed by atoms with van der Waals surface area (Å²) in [5, 5.41) is 0. The van der Waals surface area contributed by atoms with E-state index in [2.05, 4.69) is 4.74 Å². The average Bonchev–Trinajstić information content (AvgIpc) is 1.59. The second-order valence-corrected chi connectivity index (χ2v) is 1.99. The summed E-state index contributed by atoms with van der Waals surface area (Å²) < 4.78 is 39.0. The van der Waals surface area contributed by atoms with E-state index in [1.165, 1.54) is 14.0 Å². The number of halogens is 3. The van der Waals surface area contributed by atoms with E-state index in [0.717, 1.165) is 6.26 Å². The summed E-state index contributed by atoms with van der Waals surface area (Å²) in [5.41, 5.74) is 0.176. The zero-order valence-electron chi connectivity index (χ0n) is 5.83. The molecule has 0 aliphatic heterocycles. The fraction of sp³-hybridized carbons (Fsp3) is 0.667. The second-order valence-electron chi connectivity index (χ2n) is 1.99. The Morgan fingerprint density at radius 1 is 1.50 bits per heavy atom. The Kier molecular flexibility index (Phi) is 3.25. The average molecular weight is 154 g/mol. The second kappa shape index (κ2) is 3.49. The summed E-state index contributed by atoms with van der Waals surface area (Å²) in [6.07, 6.45) is -3.94. The minimum absolute atomic E-state index is 0.176. The van der Waals surface area contributed by atoms with Crippen LogP contribution in [0, 0.1) is 0 Å². The zero-order valence-corrected chi connectivity index (χ0v) is 5.83. The predicted octanol–water partition coefficient (Wildman–Crippen LogP) is 2.49. The molecule has 4 heteroatoms. The van der Waals surface area contributed by atoms with Crippen molar-refractivity contribution in [3.8, 4) is 0 Å². The van der Waals surface area contributed by atoms with Crippen LogP contribution in [0.5, 0.6) is 0 Å². The molecule has 0 saturated heterocycles. The van der Waals surface area contributed by atoms with Crippen molar-refractivity contribution in [3.05, 3.63) is 11.8 Å². The number of rotatable bonds is 2. The molecule has 60 valence electrons. The lowest BCUT2D eigenvalue weighted by atomic mass is 10.2. The Morgan fingerprint density at radius 3 is 2.30 bits per heavy atom. The van der Waals surface area contributed by atoms with E-state index in [0.29, 0.717) is 0 Å². The maximum atomic E-state index is 11.5. The molecule has 0 bridgehead atoms. The van der Waals surface area contributed by atoms with Crippen LogP contribution in [-0.4, -0.2) is 13.3 Å². The standard InChI is InChI=1S/C6H9F3O/c1-5(4-10-2)3-6(7,8)9/h4H,3H2,1-2H3/b5-4-. The van der Waals surface area contributed by atoms with Crippen LogP contribution in [-0.2, 0) is 4.74 Å². The fourth-order valence-corrected chi connectivity index (χ4v) is 0.559. The highest BCUT2D eigenvalue weighted by Gasteiger charge is 2.27. The first-order chi connectivity index (χ1) is 4.45. The Morgan fingerprint density at radius 2 is 2.00 bits per heavy atom. The van der Waals surface area contributed by atoms with Gasteiger partial charge in [0, 0.05) is 0 Å². The van der Waals surface area contributed by atoms with Gasteiger partial charge in [0.25, 0.3) is 0 Å². The highest BCUT2D eigenvalue weighted by atomic mass is 19.4. The molecule has 0 aromatic rings. The van der Waals surface area contributed by atoms with Crippen molar-refractivity contribution in [3.63, 3.8) is 0 Å². The summed E-state index contributed by atoms with van der Waals surface area (Å²) in [4.78, 5) is 0. The van der Waals surface area contributed by atoms with Crippen LogP contribution in [0.4, 0.5) is 13.2 Å². The number of alkyl halides is 3. The van der Waals surface area contributed by atoms with Crippen molar-refractivity contribution < 1.29 is 17.9 Å². The van der Waals surface area contributed by atoms with Gasteiger partial charge in [0.2, 0.25) is 0 Å². The van der Waals surface area contributed by atoms with Crippen LogP contribution in [0.2, 0.25) is 0 Å². The molecule has 0 aromatic carbocycles. The van der Waals surface area contributed by atoms with Gasteiger partial charge in [0.1, 0.15) is 0 Å². The third-order valence-corrected chi connectivity index (χ3v) is 0.798. The minimum atomic E-state index is -4.13. The lowest BCUT2D eigenvalue weighted by molar-refractivity contribution is -0.127. The van der Waals surface area contributed by atoms with Gasteiger partial charge in [-0.05, 0) is 12.5 Å². The molecule has 0 spiro atoms. The molecule has 1 nitrogen and oxygen atoms in total. The molecule has 0 rings (SSSR count). The Balaban J connectivity index is 3.79. The molecular weight excluding hydrogens is 145 g/mol. The van der Waals surface area contributed by atoms with Gasteiger partial charge in [0.15, 0.2) is 0 Å². The van der Waals surface area contributed by atoms with E-state index in [1.807, 2.05) is 0 Å². The molecule has 0 atom stereocenters. The molecule has 0 aliphatic carbocycles. The maximum Gasteiger partial charge on any atom is 0.392 e. The maximum absolute atomic E-state index is 11.5. The Hall–Kier alpha value is -0.670. The van der Waals surface area contributed by atoms with Gasteiger partial charge >= 0.3 is 6.18 Å². The first-order valence-electron chi connectivity index (χ1n) is 2.71. The molecule has 0 N–H and O–H groups in total. The van der Waals surface area contributed by atoms with E-state index in [4.69, 9.17) is 0 Å². The summed E-state index contributed by atoms with van der Waals surface area (Å²) in [6, 6.07) is 0. The normalized spacial score (nSPS) is 13.5.